The molecule has 1 atom stereocenters. The lowest BCUT2D eigenvalue weighted by atomic mass is 9.92. The first-order chi connectivity index (χ1) is 12.8. The van der Waals surface area contributed by atoms with Crippen LogP contribution >= 0.6 is 12.2 Å². The van der Waals surface area contributed by atoms with Crippen LogP contribution in [-0.4, -0.2) is 48.8 Å². The Labute approximate surface area is 162 Å². The molecule has 0 unspecified atom stereocenters. The first-order valence-electron chi connectivity index (χ1n) is 8.24. The second-order valence-electron chi connectivity index (χ2n) is 5.98. The van der Waals surface area contributed by atoms with Crippen molar-refractivity contribution in [1.82, 2.24) is 21.1 Å². The number of amides is 3. The number of carbonyl (C=O) groups excluding carboxylic acids is 3. The highest BCUT2D eigenvalue weighted by Gasteiger charge is 2.49. The van der Waals surface area contributed by atoms with Crippen molar-refractivity contribution < 1.29 is 23.9 Å². The van der Waals surface area contributed by atoms with Gasteiger partial charge < -0.3 is 20.1 Å². The molecule has 0 saturated carbocycles. The number of nitrogens with zero attached hydrogens (tertiary/aromatic N) is 1. The summed E-state index contributed by atoms with van der Waals surface area (Å²) < 4.78 is 9.72. The number of hydrogen-bond donors (Lipinski definition) is 3. The van der Waals surface area contributed by atoms with Gasteiger partial charge in [0.2, 0.25) is 0 Å². The molecule has 1 aliphatic heterocycles. The minimum atomic E-state index is -1.25. The minimum absolute atomic E-state index is 0.0956. The van der Waals surface area contributed by atoms with Crippen molar-refractivity contribution in [1.29, 1.82) is 0 Å². The van der Waals surface area contributed by atoms with Crippen LogP contribution in [0.3, 0.4) is 0 Å². The molecule has 2 rings (SSSR count). The van der Waals surface area contributed by atoms with E-state index in [4.69, 9.17) is 17.0 Å². The number of esters is 1. The first-order valence-corrected chi connectivity index (χ1v) is 8.65. The monoisotopic (exact) mass is 394 g/mol. The maximum Gasteiger partial charge on any atom is 0.344 e. The molecular formula is C17H22N4O5S. The molecule has 0 radical (unpaired) electrons. The summed E-state index contributed by atoms with van der Waals surface area (Å²) in [6.45, 7) is 1.99. The van der Waals surface area contributed by atoms with Crippen molar-refractivity contribution in [3.63, 3.8) is 0 Å². The molecule has 146 valence electrons. The van der Waals surface area contributed by atoms with E-state index < -0.39 is 17.5 Å². The van der Waals surface area contributed by atoms with E-state index in [0.29, 0.717) is 24.3 Å². The van der Waals surface area contributed by atoms with Gasteiger partial charge in [0.25, 0.3) is 5.91 Å². The van der Waals surface area contributed by atoms with E-state index in [1.54, 1.807) is 31.2 Å². The van der Waals surface area contributed by atoms with Gasteiger partial charge in [-0.25, -0.2) is 4.79 Å². The fourth-order valence-corrected chi connectivity index (χ4v) is 2.74. The summed E-state index contributed by atoms with van der Waals surface area (Å²) in [6, 6.07) is 6.28. The van der Waals surface area contributed by atoms with Gasteiger partial charge in [-0.1, -0.05) is 12.1 Å². The van der Waals surface area contributed by atoms with E-state index >= 15 is 0 Å². The molecule has 0 bridgehead atoms. The fourth-order valence-electron chi connectivity index (χ4n) is 2.55. The van der Waals surface area contributed by atoms with Gasteiger partial charge in [0.15, 0.2) is 5.11 Å². The van der Waals surface area contributed by atoms with E-state index in [9.17, 15) is 14.4 Å². The largest absolute Gasteiger partial charge is 0.497 e. The zero-order valence-corrected chi connectivity index (χ0v) is 16.1. The van der Waals surface area contributed by atoms with Crippen LogP contribution in [0.1, 0.15) is 25.3 Å². The number of thiocarbonyl (C=S) groups is 1. The van der Waals surface area contributed by atoms with Crippen LogP contribution in [0.5, 0.6) is 5.75 Å². The number of methoxy groups -OCH3 is 2. The van der Waals surface area contributed by atoms with Crippen LogP contribution in [0.4, 0.5) is 4.79 Å². The SMILES string of the molecule is COC(=O)CCCNC(=S)NN1C(=O)N[C@@](C)(c2cccc(OC)c2)C1=O. The number of hydrogen-bond acceptors (Lipinski definition) is 6. The van der Waals surface area contributed by atoms with Gasteiger partial charge >= 0.3 is 12.0 Å². The van der Waals surface area contributed by atoms with E-state index in [1.807, 2.05) is 0 Å². The number of carbonyl (C=O) groups is 3. The van der Waals surface area contributed by atoms with Crippen molar-refractivity contribution in [2.45, 2.75) is 25.3 Å². The van der Waals surface area contributed by atoms with E-state index in [2.05, 4.69) is 20.8 Å². The smallest absolute Gasteiger partial charge is 0.344 e. The molecule has 1 fully saturated rings. The topological polar surface area (TPSA) is 109 Å². The minimum Gasteiger partial charge on any atom is -0.497 e. The summed E-state index contributed by atoms with van der Waals surface area (Å²) >= 11 is 5.10. The molecule has 10 heteroatoms. The number of rotatable bonds is 7. The number of imide groups is 1. The summed E-state index contributed by atoms with van der Waals surface area (Å²) in [4.78, 5) is 36.2. The highest BCUT2D eigenvalue weighted by molar-refractivity contribution is 7.80. The molecule has 0 aromatic heterocycles. The molecule has 0 spiro atoms. The highest BCUT2D eigenvalue weighted by atomic mass is 32.1. The maximum absolute atomic E-state index is 12.8. The third-order valence-corrected chi connectivity index (χ3v) is 4.36. The fraction of sp³-hybridized carbons (Fsp3) is 0.412. The molecular weight excluding hydrogens is 372 g/mol. The number of hydrazine groups is 1. The van der Waals surface area contributed by atoms with Crippen molar-refractivity contribution >= 4 is 35.2 Å². The lowest BCUT2D eigenvalue weighted by Crippen LogP contribution is -2.51. The predicted octanol–water partition coefficient (Wildman–Crippen LogP) is 0.794. The summed E-state index contributed by atoms with van der Waals surface area (Å²) in [5.41, 5.74) is 1.91. The summed E-state index contributed by atoms with van der Waals surface area (Å²) in [5.74, 6) is -0.247. The standard InChI is InChI=1S/C17H22N4O5S/c1-17(11-6-4-7-12(10-11)25-2)14(23)21(16(24)19-17)20-15(27)18-9-5-8-13(22)26-3/h4,6-7,10H,5,8-9H2,1-3H3,(H,19,24)(H2,18,20,27)/t17-/m0/s1. The Morgan fingerprint density at radius 3 is 2.74 bits per heavy atom. The number of nitrogens with one attached hydrogen (secondary N) is 3. The lowest BCUT2D eigenvalue weighted by Gasteiger charge is -2.23. The van der Waals surface area contributed by atoms with Gasteiger partial charge in [0.05, 0.1) is 14.2 Å². The highest BCUT2D eigenvalue weighted by Crippen LogP contribution is 2.30. The van der Waals surface area contributed by atoms with E-state index in [-0.39, 0.29) is 17.5 Å². The lowest BCUT2D eigenvalue weighted by molar-refractivity contribution is -0.140. The van der Waals surface area contributed by atoms with E-state index in [1.165, 1.54) is 14.2 Å². The van der Waals surface area contributed by atoms with Gasteiger partial charge in [-0.2, -0.15) is 5.01 Å². The molecule has 0 aliphatic carbocycles. The van der Waals surface area contributed by atoms with Crippen molar-refractivity contribution in [3.05, 3.63) is 29.8 Å². The Morgan fingerprint density at radius 2 is 2.07 bits per heavy atom. The van der Waals surface area contributed by atoms with Crippen LogP contribution in [0.2, 0.25) is 0 Å². The van der Waals surface area contributed by atoms with Gasteiger partial charge in [-0.3, -0.25) is 15.0 Å². The van der Waals surface area contributed by atoms with Crippen molar-refractivity contribution in [3.8, 4) is 5.75 Å². The average Bonchev–Trinajstić information content (AvgIpc) is 2.89. The summed E-state index contributed by atoms with van der Waals surface area (Å²) in [6.07, 6.45) is 0.735. The van der Waals surface area contributed by atoms with Crippen molar-refractivity contribution in [2.24, 2.45) is 0 Å². The van der Waals surface area contributed by atoms with Crippen molar-refractivity contribution in [2.75, 3.05) is 20.8 Å². The van der Waals surface area contributed by atoms with Crippen LogP contribution in [0, 0.1) is 0 Å². The van der Waals surface area contributed by atoms with E-state index in [0.717, 1.165) is 5.01 Å². The van der Waals surface area contributed by atoms with Crippen LogP contribution in [0.15, 0.2) is 24.3 Å². The zero-order valence-electron chi connectivity index (χ0n) is 15.3. The number of ether oxygens (including phenoxy) is 2. The predicted molar refractivity (Wildman–Crippen MR) is 101 cm³/mol. The first kappa shape index (κ1) is 20.4. The molecule has 3 N–H and O–H groups in total. The normalized spacial score (nSPS) is 18.7. The molecule has 27 heavy (non-hydrogen) atoms. The second-order valence-corrected chi connectivity index (χ2v) is 6.38. The third kappa shape index (κ3) is 4.64. The molecule has 1 saturated heterocycles. The Kier molecular flexibility index (Phi) is 6.56. The van der Waals surface area contributed by atoms with Gasteiger partial charge in [-0.15, -0.1) is 0 Å². The number of benzene rings is 1. The number of urea groups is 1. The average molecular weight is 394 g/mol. The Balaban J connectivity index is 1.98. The Bertz CT molecular complexity index is 757. The van der Waals surface area contributed by atoms with Gasteiger partial charge in [-0.05, 0) is 43.3 Å². The summed E-state index contributed by atoms with van der Waals surface area (Å²) in [5, 5.41) is 6.42. The summed E-state index contributed by atoms with van der Waals surface area (Å²) in [7, 11) is 2.84. The molecule has 1 aliphatic rings. The molecule has 9 nitrogen and oxygen atoms in total. The Hall–Kier alpha value is -2.88. The molecule has 1 aromatic carbocycles. The zero-order chi connectivity index (χ0) is 20.0. The maximum atomic E-state index is 12.8. The quantitative estimate of drug-likeness (QED) is 0.270. The molecule has 3 amide bonds. The second kappa shape index (κ2) is 8.67. The van der Waals surface area contributed by atoms with Gasteiger partial charge in [0, 0.05) is 13.0 Å². The van der Waals surface area contributed by atoms with Crippen LogP contribution < -0.4 is 20.8 Å². The molecule has 1 heterocycles. The van der Waals surface area contributed by atoms with Crippen LogP contribution in [-0.2, 0) is 19.9 Å². The van der Waals surface area contributed by atoms with Gasteiger partial charge in [0.1, 0.15) is 11.3 Å². The Morgan fingerprint density at radius 1 is 1.33 bits per heavy atom. The third-order valence-electron chi connectivity index (χ3n) is 4.12. The van der Waals surface area contributed by atoms with Crippen LogP contribution in [0.25, 0.3) is 0 Å². The molecule has 1 aromatic rings.